The van der Waals surface area contributed by atoms with E-state index in [-0.39, 0.29) is 0 Å². The molecule has 3 unspecified atom stereocenters. The quantitative estimate of drug-likeness (QED) is 0.799. The van der Waals surface area contributed by atoms with Crippen LogP contribution >= 0.6 is 11.8 Å². The lowest BCUT2D eigenvalue weighted by molar-refractivity contribution is 0.0631. The van der Waals surface area contributed by atoms with Crippen molar-refractivity contribution in [1.29, 1.82) is 0 Å². The van der Waals surface area contributed by atoms with Crippen LogP contribution in [0.2, 0.25) is 0 Å². The SMILES string of the molecule is CC1CN(C2CCCSC2)C(C(C)C)CN1. The number of thioether (sulfide) groups is 1. The molecule has 0 bridgehead atoms. The molecule has 0 aromatic rings. The number of hydrogen-bond acceptors (Lipinski definition) is 3. The summed E-state index contributed by atoms with van der Waals surface area (Å²) in [5.41, 5.74) is 0. The number of nitrogens with zero attached hydrogens (tertiary/aromatic N) is 1. The molecule has 0 radical (unpaired) electrons. The van der Waals surface area contributed by atoms with E-state index in [0.29, 0.717) is 6.04 Å². The predicted octanol–water partition coefficient (Wildman–Crippen LogP) is 2.20. The second-order valence-corrected chi connectivity index (χ2v) is 6.84. The fraction of sp³-hybridized carbons (Fsp3) is 1.00. The minimum Gasteiger partial charge on any atom is -0.311 e. The highest BCUT2D eigenvalue weighted by Gasteiger charge is 2.33. The van der Waals surface area contributed by atoms with Gasteiger partial charge in [-0.15, -0.1) is 0 Å². The smallest absolute Gasteiger partial charge is 0.0247 e. The van der Waals surface area contributed by atoms with E-state index < -0.39 is 0 Å². The maximum absolute atomic E-state index is 3.63. The van der Waals surface area contributed by atoms with Crippen molar-refractivity contribution in [2.24, 2.45) is 5.92 Å². The van der Waals surface area contributed by atoms with Gasteiger partial charge in [-0.1, -0.05) is 13.8 Å². The highest BCUT2D eigenvalue weighted by molar-refractivity contribution is 7.99. The summed E-state index contributed by atoms with van der Waals surface area (Å²) in [6, 6.07) is 2.26. The minimum atomic E-state index is 0.668. The molecule has 1 N–H and O–H groups in total. The molecule has 2 aliphatic rings. The molecule has 0 aromatic carbocycles. The van der Waals surface area contributed by atoms with Gasteiger partial charge in [0, 0.05) is 37.0 Å². The fourth-order valence-electron chi connectivity index (χ4n) is 2.98. The Morgan fingerprint density at radius 2 is 2.19 bits per heavy atom. The Labute approximate surface area is 105 Å². The van der Waals surface area contributed by atoms with Crippen molar-refractivity contribution in [1.82, 2.24) is 10.2 Å². The van der Waals surface area contributed by atoms with Crippen LogP contribution < -0.4 is 5.32 Å². The molecule has 3 heteroatoms. The summed E-state index contributed by atoms with van der Waals surface area (Å²) in [5.74, 6) is 3.51. The Hall–Kier alpha value is 0.270. The zero-order chi connectivity index (χ0) is 11.5. The summed E-state index contributed by atoms with van der Waals surface area (Å²) in [6.07, 6.45) is 2.83. The monoisotopic (exact) mass is 242 g/mol. The average Bonchev–Trinajstić information content (AvgIpc) is 2.29. The molecule has 0 amide bonds. The lowest BCUT2D eigenvalue weighted by atomic mass is 9.95. The summed E-state index contributed by atoms with van der Waals surface area (Å²) >= 11 is 2.15. The third kappa shape index (κ3) is 2.93. The third-order valence-electron chi connectivity index (χ3n) is 3.96. The highest BCUT2D eigenvalue weighted by atomic mass is 32.2. The first-order valence-electron chi connectivity index (χ1n) is 6.75. The lowest BCUT2D eigenvalue weighted by Crippen LogP contribution is -2.61. The van der Waals surface area contributed by atoms with E-state index in [0.717, 1.165) is 18.0 Å². The van der Waals surface area contributed by atoms with E-state index in [2.05, 4.69) is 42.7 Å². The molecule has 0 saturated carbocycles. The number of piperazine rings is 1. The van der Waals surface area contributed by atoms with E-state index in [1.807, 2.05) is 0 Å². The van der Waals surface area contributed by atoms with Crippen molar-refractivity contribution >= 4 is 11.8 Å². The predicted molar refractivity (Wildman–Crippen MR) is 73.1 cm³/mol. The van der Waals surface area contributed by atoms with Crippen molar-refractivity contribution in [2.75, 3.05) is 24.6 Å². The second kappa shape index (κ2) is 5.74. The summed E-state index contributed by atoms with van der Waals surface area (Å²) in [6.45, 7) is 9.48. The largest absolute Gasteiger partial charge is 0.311 e. The van der Waals surface area contributed by atoms with Gasteiger partial charge in [0.1, 0.15) is 0 Å². The summed E-state index contributed by atoms with van der Waals surface area (Å²) in [7, 11) is 0. The molecule has 2 saturated heterocycles. The topological polar surface area (TPSA) is 15.3 Å². The van der Waals surface area contributed by atoms with E-state index in [9.17, 15) is 0 Å². The Balaban J connectivity index is 2.00. The van der Waals surface area contributed by atoms with Gasteiger partial charge in [-0.05, 0) is 31.4 Å². The standard InChI is InChI=1S/C13H26N2S/c1-10(2)13-7-14-11(3)8-15(13)12-5-4-6-16-9-12/h10-14H,4-9H2,1-3H3. The van der Waals surface area contributed by atoms with Gasteiger partial charge < -0.3 is 5.32 Å². The summed E-state index contributed by atoms with van der Waals surface area (Å²) in [5, 5.41) is 3.63. The van der Waals surface area contributed by atoms with Crippen molar-refractivity contribution in [3.63, 3.8) is 0 Å². The Morgan fingerprint density at radius 1 is 1.38 bits per heavy atom. The zero-order valence-electron chi connectivity index (χ0n) is 10.9. The van der Waals surface area contributed by atoms with E-state index in [1.165, 1.54) is 37.4 Å². The van der Waals surface area contributed by atoms with Gasteiger partial charge in [0.2, 0.25) is 0 Å². The van der Waals surface area contributed by atoms with E-state index in [4.69, 9.17) is 0 Å². The maximum Gasteiger partial charge on any atom is 0.0247 e. The number of hydrogen-bond donors (Lipinski definition) is 1. The van der Waals surface area contributed by atoms with Crippen molar-refractivity contribution in [3.8, 4) is 0 Å². The van der Waals surface area contributed by atoms with Crippen LogP contribution in [0.4, 0.5) is 0 Å². The molecular formula is C13H26N2S. The van der Waals surface area contributed by atoms with E-state index >= 15 is 0 Å². The van der Waals surface area contributed by atoms with Gasteiger partial charge in [-0.2, -0.15) is 11.8 Å². The third-order valence-corrected chi connectivity index (χ3v) is 5.16. The van der Waals surface area contributed by atoms with Gasteiger partial charge in [0.15, 0.2) is 0 Å². The molecule has 16 heavy (non-hydrogen) atoms. The molecule has 3 atom stereocenters. The van der Waals surface area contributed by atoms with Gasteiger partial charge in [-0.25, -0.2) is 0 Å². The van der Waals surface area contributed by atoms with Gasteiger partial charge in [0.25, 0.3) is 0 Å². The molecule has 2 heterocycles. The molecule has 2 nitrogen and oxygen atoms in total. The summed E-state index contributed by atoms with van der Waals surface area (Å²) < 4.78 is 0. The fourth-order valence-corrected chi connectivity index (χ4v) is 4.15. The van der Waals surface area contributed by atoms with Crippen LogP contribution in [0.5, 0.6) is 0 Å². The lowest BCUT2D eigenvalue weighted by Gasteiger charge is -2.46. The molecule has 0 aliphatic carbocycles. The first kappa shape index (κ1) is 12.7. The molecular weight excluding hydrogens is 216 g/mol. The minimum absolute atomic E-state index is 0.668. The van der Waals surface area contributed by atoms with Crippen molar-refractivity contribution in [2.45, 2.75) is 51.7 Å². The number of rotatable bonds is 2. The van der Waals surface area contributed by atoms with Gasteiger partial charge in [-0.3, -0.25) is 4.90 Å². The molecule has 2 rings (SSSR count). The Morgan fingerprint density at radius 3 is 2.81 bits per heavy atom. The zero-order valence-corrected chi connectivity index (χ0v) is 11.7. The van der Waals surface area contributed by atoms with Crippen molar-refractivity contribution < 1.29 is 0 Å². The van der Waals surface area contributed by atoms with Crippen LogP contribution in [0.3, 0.4) is 0 Å². The Kier molecular flexibility index (Phi) is 4.57. The normalized spacial score (nSPS) is 37.9. The molecule has 0 spiro atoms. The first-order chi connectivity index (χ1) is 7.68. The van der Waals surface area contributed by atoms with Crippen LogP contribution in [0, 0.1) is 5.92 Å². The van der Waals surface area contributed by atoms with Crippen LogP contribution in [0.25, 0.3) is 0 Å². The van der Waals surface area contributed by atoms with Crippen LogP contribution in [-0.4, -0.2) is 47.6 Å². The summed E-state index contributed by atoms with van der Waals surface area (Å²) in [4.78, 5) is 2.80. The first-order valence-corrected chi connectivity index (χ1v) is 7.91. The molecule has 2 aliphatic heterocycles. The van der Waals surface area contributed by atoms with Crippen LogP contribution in [-0.2, 0) is 0 Å². The van der Waals surface area contributed by atoms with Gasteiger partial charge in [0.05, 0.1) is 0 Å². The average molecular weight is 242 g/mol. The molecule has 2 fully saturated rings. The Bertz CT molecular complexity index is 214. The maximum atomic E-state index is 3.63. The molecule has 94 valence electrons. The van der Waals surface area contributed by atoms with Crippen LogP contribution in [0.15, 0.2) is 0 Å². The van der Waals surface area contributed by atoms with Crippen LogP contribution in [0.1, 0.15) is 33.6 Å². The molecule has 0 aromatic heterocycles. The number of nitrogens with one attached hydrogen (secondary N) is 1. The second-order valence-electron chi connectivity index (χ2n) is 5.69. The van der Waals surface area contributed by atoms with Crippen molar-refractivity contribution in [3.05, 3.63) is 0 Å². The van der Waals surface area contributed by atoms with E-state index in [1.54, 1.807) is 0 Å². The van der Waals surface area contributed by atoms with Gasteiger partial charge >= 0.3 is 0 Å². The highest BCUT2D eigenvalue weighted by Crippen LogP contribution is 2.26.